The van der Waals surface area contributed by atoms with Crippen LogP contribution < -0.4 is 15.4 Å². The molecule has 1 amide bonds. The van der Waals surface area contributed by atoms with Gasteiger partial charge in [-0.25, -0.2) is 4.79 Å². The maximum absolute atomic E-state index is 12.7. The Balaban J connectivity index is 1.57. The van der Waals surface area contributed by atoms with Gasteiger partial charge in [-0.1, -0.05) is 47.5 Å². The minimum atomic E-state index is -0.441. The van der Waals surface area contributed by atoms with E-state index in [9.17, 15) is 9.59 Å². The maximum atomic E-state index is 12.7. The molecule has 0 unspecified atom stereocenters. The maximum Gasteiger partial charge on any atom is 0.341 e. The van der Waals surface area contributed by atoms with E-state index in [2.05, 4.69) is 10.6 Å². The molecule has 8 heteroatoms. The first-order valence-electron chi connectivity index (χ1n) is 11.0. The summed E-state index contributed by atoms with van der Waals surface area (Å²) in [5.74, 6) is 0.110. The summed E-state index contributed by atoms with van der Waals surface area (Å²) in [6, 6.07) is 15.7. The first-order valence-corrected chi connectivity index (χ1v) is 12.3. The van der Waals surface area contributed by atoms with Gasteiger partial charge in [0.05, 0.1) is 13.2 Å². The van der Waals surface area contributed by atoms with Crippen LogP contribution in [0, 0.1) is 13.8 Å². The van der Waals surface area contributed by atoms with Crippen molar-refractivity contribution in [2.75, 3.05) is 18.5 Å². The molecule has 0 spiro atoms. The van der Waals surface area contributed by atoms with Gasteiger partial charge >= 0.3 is 5.97 Å². The van der Waals surface area contributed by atoms with Crippen LogP contribution in [0.4, 0.5) is 5.00 Å². The van der Waals surface area contributed by atoms with E-state index < -0.39 is 5.97 Å². The zero-order valence-corrected chi connectivity index (χ0v) is 21.1. The van der Waals surface area contributed by atoms with E-state index in [0.29, 0.717) is 23.6 Å². The minimum absolute atomic E-state index is 0.132. The van der Waals surface area contributed by atoms with Crippen molar-refractivity contribution in [3.8, 4) is 16.9 Å². The number of amides is 1. The van der Waals surface area contributed by atoms with Crippen LogP contribution in [0.25, 0.3) is 11.1 Å². The van der Waals surface area contributed by atoms with Gasteiger partial charge in [0.1, 0.15) is 16.3 Å². The van der Waals surface area contributed by atoms with Gasteiger partial charge in [0.15, 0.2) is 5.11 Å². The standard InChI is InChI=1S/C26H28N2O4S2/c1-4-31-25(30)23-21(19-11-7-17(2)8-12-19)16-34-24(23)28-26(33)27-22(29)6-5-15-32-20-13-9-18(3)10-14-20/h7-14,16H,4-6,15H2,1-3H3,(H2,27,28,29,33). The van der Waals surface area contributed by atoms with E-state index in [1.165, 1.54) is 11.3 Å². The summed E-state index contributed by atoms with van der Waals surface area (Å²) < 4.78 is 10.9. The number of thiophene rings is 1. The first-order chi connectivity index (χ1) is 16.4. The second-order valence-corrected chi connectivity index (χ2v) is 9.00. The molecule has 178 valence electrons. The number of anilines is 1. The van der Waals surface area contributed by atoms with Crippen molar-refractivity contribution in [1.29, 1.82) is 0 Å². The molecule has 1 heterocycles. The molecular formula is C26H28N2O4S2. The summed E-state index contributed by atoms with van der Waals surface area (Å²) in [5, 5.41) is 8.20. The van der Waals surface area contributed by atoms with Crippen molar-refractivity contribution in [2.24, 2.45) is 0 Å². The Labute approximate surface area is 209 Å². The van der Waals surface area contributed by atoms with Gasteiger partial charge in [-0.15, -0.1) is 11.3 Å². The molecule has 0 bridgehead atoms. The summed E-state index contributed by atoms with van der Waals surface area (Å²) in [6.07, 6.45) is 0.810. The molecule has 0 saturated heterocycles. The van der Waals surface area contributed by atoms with Crippen molar-refractivity contribution < 1.29 is 19.1 Å². The molecule has 6 nitrogen and oxygen atoms in total. The number of nitrogens with one attached hydrogen (secondary N) is 2. The van der Waals surface area contributed by atoms with Gasteiger partial charge in [-0.2, -0.15) is 0 Å². The van der Waals surface area contributed by atoms with Crippen LogP contribution >= 0.6 is 23.6 Å². The third-order valence-electron chi connectivity index (χ3n) is 4.95. The van der Waals surface area contributed by atoms with Crippen LogP contribution in [0.15, 0.2) is 53.9 Å². The number of hydrogen-bond donors (Lipinski definition) is 2. The van der Waals surface area contributed by atoms with Crippen molar-refractivity contribution in [2.45, 2.75) is 33.6 Å². The summed E-state index contributed by atoms with van der Waals surface area (Å²) in [5.41, 5.74) is 4.35. The highest BCUT2D eigenvalue weighted by Crippen LogP contribution is 2.36. The van der Waals surface area contributed by atoms with Crippen LogP contribution in [-0.4, -0.2) is 30.2 Å². The van der Waals surface area contributed by atoms with E-state index in [4.69, 9.17) is 21.7 Å². The van der Waals surface area contributed by atoms with Crippen LogP contribution in [0.2, 0.25) is 0 Å². The molecule has 0 aliphatic heterocycles. The Hall–Kier alpha value is -3.23. The van der Waals surface area contributed by atoms with Gasteiger partial charge in [0.25, 0.3) is 0 Å². The number of carbonyl (C=O) groups excluding carboxylic acids is 2. The monoisotopic (exact) mass is 496 g/mol. The fourth-order valence-electron chi connectivity index (χ4n) is 3.18. The third-order valence-corrected chi connectivity index (χ3v) is 6.05. The van der Waals surface area contributed by atoms with Crippen molar-refractivity contribution >= 4 is 45.5 Å². The first kappa shape index (κ1) is 25.4. The number of carbonyl (C=O) groups is 2. The number of benzene rings is 2. The van der Waals surface area contributed by atoms with Gasteiger partial charge in [-0.05, 0) is 57.1 Å². The minimum Gasteiger partial charge on any atom is -0.494 e. The lowest BCUT2D eigenvalue weighted by Crippen LogP contribution is -2.34. The average molecular weight is 497 g/mol. The van der Waals surface area contributed by atoms with Gasteiger partial charge in [0.2, 0.25) is 5.91 Å². The Morgan fingerprint density at radius 2 is 1.65 bits per heavy atom. The number of ether oxygens (including phenoxy) is 2. The molecule has 0 aliphatic rings. The summed E-state index contributed by atoms with van der Waals surface area (Å²) in [6.45, 7) is 6.46. The van der Waals surface area contributed by atoms with Crippen LogP contribution in [-0.2, 0) is 9.53 Å². The number of rotatable bonds is 9. The zero-order valence-electron chi connectivity index (χ0n) is 19.5. The SMILES string of the molecule is CCOC(=O)c1c(-c2ccc(C)cc2)csc1NC(=S)NC(=O)CCCOc1ccc(C)cc1. The fraction of sp³-hybridized carbons (Fsp3) is 0.269. The highest BCUT2D eigenvalue weighted by molar-refractivity contribution is 7.80. The van der Waals surface area contributed by atoms with Crippen LogP contribution in [0.5, 0.6) is 5.75 Å². The Kier molecular flexibility index (Phi) is 9.18. The molecule has 0 atom stereocenters. The molecule has 0 radical (unpaired) electrons. The second-order valence-electron chi connectivity index (χ2n) is 7.71. The van der Waals surface area contributed by atoms with Gasteiger partial charge in [-0.3, -0.25) is 4.79 Å². The van der Waals surface area contributed by atoms with Crippen molar-refractivity contribution in [1.82, 2.24) is 5.32 Å². The normalized spacial score (nSPS) is 10.4. The largest absolute Gasteiger partial charge is 0.494 e. The van der Waals surface area contributed by atoms with Crippen LogP contribution in [0.3, 0.4) is 0 Å². The molecule has 3 aromatic rings. The summed E-state index contributed by atoms with van der Waals surface area (Å²) in [4.78, 5) is 25.0. The van der Waals surface area contributed by atoms with E-state index in [1.54, 1.807) is 6.92 Å². The van der Waals surface area contributed by atoms with Crippen molar-refractivity contribution in [3.05, 3.63) is 70.6 Å². The lowest BCUT2D eigenvalue weighted by Gasteiger charge is -2.11. The molecule has 34 heavy (non-hydrogen) atoms. The smallest absolute Gasteiger partial charge is 0.341 e. The molecule has 1 aromatic heterocycles. The van der Waals surface area contributed by atoms with Gasteiger partial charge in [0, 0.05) is 17.4 Å². The fourth-order valence-corrected chi connectivity index (χ4v) is 4.42. The summed E-state index contributed by atoms with van der Waals surface area (Å²) >= 11 is 6.65. The van der Waals surface area contributed by atoms with E-state index in [0.717, 1.165) is 28.0 Å². The lowest BCUT2D eigenvalue weighted by molar-refractivity contribution is -0.119. The lowest BCUT2D eigenvalue weighted by atomic mass is 10.0. The third kappa shape index (κ3) is 7.13. The predicted octanol–water partition coefficient (Wildman–Crippen LogP) is 5.88. The number of hydrogen-bond acceptors (Lipinski definition) is 6. The quantitative estimate of drug-likeness (QED) is 0.219. The number of aryl methyl sites for hydroxylation is 2. The summed E-state index contributed by atoms with van der Waals surface area (Å²) in [7, 11) is 0. The van der Waals surface area contributed by atoms with Crippen LogP contribution in [0.1, 0.15) is 41.3 Å². The number of thiocarbonyl (C=S) groups is 1. The molecule has 0 fully saturated rings. The molecule has 3 rings (SSSR count). The topological polar surface area (TPSA) is 76.7 Å². The average Bonchev–Trinajstić information content (AvgIpc) is 3.22. The van der Waals surface area contributed by atoms with E-state index >= 15 is 0 Å². The van der Waals surface area contributed by atoms with Gasteiger partial charge < -0.3 is 20.1 Å². The van der Waals surface area contributed by atoms with E-state index in [1.807, 2.05) is 67.8 Å². The van der Waals surface area contributed by atoms with E-state index in [-0.39, 0.29) is 24.0 Å². The predicted molar refractivity (Wildman–Crippen MR) is 141 cm³/mol. The second kappa shape index (κ2) is 12.3. The molecule has 0 aliphatic carbocycles. The molecule has 0 saturated carbocycles. The molecular weight excluding hydrogens is 468 g/mol. The number of esters is 1. The molecule has 2 N–H and O–H groups in total. The zero-order chi connectivity index (χ0) is 24.5. The Bertz CT molecular complexity index is 1140. The molecule has 2 aromatic carbocycles. The Morgan fingerprint density at radius 3 is 2.29 bits per heavy atom. The highest BCUT2D eigenvalue weighted by atomic mass is 32.1. The highest BCUT2D eigenvalue weighted by Gasteiger charge is 2.22. The van der Waals surface area contributed by atoms with Crippen molar-refractivity contribution in [3.63, 3.8) is 0 Å². The Morgan fingerprint density at radius 1 is 1.00 bits per heavy atom.